The number of carbonyl (C=O) groups is 6. The topological polar surface area (TPSA) is 245 Å². The van der Waals surface area contributed by atoms with Gasteiger partial charge in [0.05, 0.1) is 25.5 Å². The number of hydrogen-bond donors (Lipinski definition) is 8. The van der Waals surface area contributed by atoms with E-state index in [2.05, 4.69) is 5.32 Å². The van der Waals surface area contributed by atoms with Crippen LogP contribution >= 0.6 is 0 Å². The van der Waals surface area contributed by atoms with Gasteiger partial charge in [-0.1, -0.05) is 20.3 Å². The van der Waals surface area contributed by atoms with Crippen molar-refractivity contribution in [3.05, 3.63) is 0 Å². The van der Waals surface area contributed by atoms with Gasteiger partial charge in [-0.3, -0.25) is 24.0 Å². The van der Waals surface area contributed by atoms with Gasteiger partial charge in [0.15, 0.2) is 0 Å². The predicted octanol–water partition coefficient (Wildman–Crippen LogP) is -3.16. The Morgan fingerprint density at radius 3 is 1.71 bits per heavy atom. The fourth-order valence-electron chi connectivity index (χ4n) is 2.35. The Labute approximate surface area is 177 Å². The molecule has 0 aromatic heterocycles. The van der Waals surface area contributed by atoms with Crippen molar-refractivity contribution in [1.82, 2.24) is 16.0 Å². The summed E-state index contributed by atoms with van der Waals surface area (Å²) in [7, 11) is 0. The molecule has 5 atom stereocenters. The molecule has 0 aliphatic rings. The second kappa shape index (κ2) is 13.1. The highest BCUT2D eigenvalue weighted by Gasteiger charge is 2.32. The number of nitrogens with one attached hydrogen (secondary N) is 3. The van der Waals surface area contributed by atoms with Gasteiger partial charge >= 0.3 is 17.9 Å². The number of rotatable bonds is 14. The Bertz CT molecular complexity index is 698. The van der Waals surface area contributed by atoms with Crippen LogP contribution < -0.4 is 21.7 Å². The number of hydrogen-bond acceptors (Lipinski definition) is 8. The smallest absolute Gasteiger partial charge is 0.326 e. The number of amides is 3. The third kappa shape index (κ3) is 9.86. The normalized spacial score (nSPS) is 15.5. The first kappa shape index (κ1) is 27.7. The first-order chi connectivity index (χ1) is 14.3. The SMILES string of the molecule is CCC(C)C(NC(=O)C(CO)NC(=O)C(CC(=O)O)NC(=O)C(N)CC(=O)O)C(=O)O. The summed E-state index contributed by atoms with van der Waals surface area (Å²) in [6, 6.07) is -6.24. The van der Waals surface area contributed by atoms with E-state index in [4.69, 9.17) is 15.9 Å². The van der Waals surface area contributed by atoms with Gasteiger partial charge in [-0.25, -0.2) is 4.79 Å². The molecule has 0 spiro atoms. The number of aliphatic carboxylic acids is 3. The molecule has 0 radical (unpaired) electrons. The van der Waals surface area contributed by atoms with Crippen molar-refractivity contribution >= 4 is 35.6 Å². The Hall–Kier alpha value is -3.26. The molecule has 0 rings (SSSR count). The van der Waals surface area contributed by atoms with Crippen LogP contribution in [-0.4, -0.2) is 86.8 Å². The summed E-state index contributed by atoms with van der Waals surface area (Å²) in [5, 5.41) is 42.4. The van der Waals surface area contributed by atoms with Crippen LogP contribution in [0.1, 0.15) is 33.1 Å². The summed E-state index contributed by atoms with van der Waals surface area (Å²) < 4.78 is 0. The zero-order valence-corrected chi connectivity index (χ0v) is 17.0. The van der Waals surface area contributed by atoms with E-state index in [0.29, 0.717) is 6.42 Å². The largest absolute Gasteiger partial charge is 0.481 e. The Balaban J connectivity index is 5.32. The summed E-state index contributed by atoms with van der Waals surface area (Å²) in [4.78, 5) is 69.6. The highest BCUT2D eigenvalue weighted by Crippen LogP contribution is 2.08. The van der Waals surface area contributed by atoms with Crippen LogP contribution in [0.4, 0.5) is 0 Å². The Kier molecular flexibility index (Phi) is 11.7. The van der Waals surface area contributed by atoms with E-state index in [0.717, 1.165) is 0 Å². The second-order valence-electron chi connectivity index (χ2n) is 6.82. The third-order valence-electron chi connectivity index (χ3n) is 4.34. The van der Waals surface area contributed by atoms with Crippen LogP contribution in [0.2, 0.25) is 0 Å². The molecule has 31 heavy (non-hydrogen) atoms. The van der Waals surface area contributed by atoms with Crippen LogP contribution in [0, 0.1) is 5.92 Å². The minimum absolute atomic E-state index is 0.413. The van der Waals surface area contributed by atoms with E-state index in [1.807, 2.05) is 10.6 Å². The molecule has 176 valence electrons. The summed E-state index contributed by atoms with van der Waals surface area (Å²) in [5.74, 6) is -8.01. The van der Waals surface area contributed by atoms with Crippen molar-refractivity contribution in [2.75, 3.05) is 6.61 Å². The summed E-state index contributed by atoms with van der Waals surface area (Å²) in [6.45, 7) is 2.33. The van der Waals surface area contributed by atoms with Gasteiger partial charge in [-0.15, -0.1) is 0 Å². The van der Waals surface area contributed by atoms with Gasteiger partial charge in [0, 0.05) is 0 Å². The van der Waals surface area contributed by atoms with Gasteiger partial charge in [0.2, 0.25) is 17.7 Å². The minimum Gasteiger partial charge on any atom is -0.481 e. The Morgan fingerprint density at radius 1 is 0.806 bits per heavy atom. The standard InChI is InChI=1S/C17H28N4O10/c1-3-7(2)13(17(30)31)21-16(29)10(6-22)20-15(28)9(5-12(25)26)19-14(27)8(18)4-11(23)24/h7-10,13,22H,3-6,18H2,1-2H3,(H,19,27)(H,20,28)(H,21,29)(H,23,24)(H,25,26)(H,30,31). The molecule has 0 fully saturated rings. The van der Waals surface area contributed by atoms with Crippen molar-refractivity contribution in [2.45, 2.75) is 57.3 Å². The fourth-order valence-corrected chi connectivity index (χ4v) is 2.35. The first-order valence-corrected chi connectivity index (χ1v) is 9.27. The van der Waals surface area contributed by atoms with Crippen LogP contribution in [0.15, 0.2) is 0 Å². The lowest BCUT2D eigenvalue weighted by Crippen LogP contribution is -2.59. The van der Waals surface area contributed by atoms with Crippen LogP contribution in [0.3, 0.4) is 0 Å². The van der Waals surface area contributed by atoms with Gasteiger partial charge < -0.3 is 42.1 Å². The van der Waals surface area contributed by atoms with Crippen molar-refractivity contribution in [3.63, 3.8) is 0 Å². The minimum atomic E-state index is -1.74. The molecule has 0 bridgehead atoms. The van der Waals surface area contributed by atoms with Crippen LogP contribution in [-0.2, 0) is 28.8 Å². The van der Waals surface area contributed by atoms with Gasteiger partial charge in [0.1, 0.15) is 18.1 Å². The second-order valence-corrected chi connectivity index (χ2v) is 6.82. The van der Waals surface area contributed by atoms with Crippen molar-refractivity contribution in [1.29, 1.82) is 0 Å². The highest BCUT2D eigenvalue weighted by molar-refractivity contribution is 5.96. The number of carbonyl (C=O) groups excluding carboxylic acids is 3. The van der Waals surface area contributed by atoms with Gasteiger partial charge in [0.25, 0.3) is 0 Å². The lowest BCUT2D eigenvalue weighted by molar-refractivity contribution is -0.144. The molecule has 14 heteroatoms. The molecule has 5 unspecified atom stereocenters. The average Bonchev–Trinajstić information content (AvgIpc) is 2.67. The average molecular weight is 448 g/mol. The number of aliphatic hydroxyl groups excluding tert-OH is 1. The molecule has 0 aliphatic carbocycles. The maximum atomic E-state index is 12.4. The Morgan fingerprint density at radius 2 is 1.29 bits per heavy atom. The molecule has 0 aliphatic heterocycles. The van der Waals surface area contributed by atoms with Crippen molar-refractivity contribution in [3.8, 4) is 0 Å². The molecule has 14 nitrogen and oxygen atoms in total. The molecule has 0 heterocycles. The molecular weight excluding hydrogens is 420 g/mol. The lowest BCUT2D eigenvalue weighted by atomic mass is 9.99. The van der Waals surface area contributed by atoms with Gasteiger partial charge in [-0.2, -0.15) is 0 Å². The molecule has 0 saturated heterocycles. The van der Waals surface area contributed by atoms with E-state index in [9.17, 15) is 39.0 Å². The van der Waals surface area contributed by atoms with E-state index >= 15 is 0 Å². The van der Waals surface area contributed by atoms with E-state index in [1.54, 1.807) is 13.8 Å². The molecule has 0 saturated carbocycles. The quantitative estimate of drug-likeness (QED) is 0.132. The molecule has 9 N–H and O–H groups in total. The molecule has 3 amide bonds. The first-order valence-electron chi connectivity index (χ1n) is 9.27. The zero-order valence-electron chi connectivity index (χ0n) is 17.0. The highest BCUT2D eigenvalue weighted by atomic mass is 16.4. The van der Waals surface area contributed by atoms with E-state index in [-0.39, 0.29) is 0 Å². The molecule has 0 aromatic rings. The summed E-state index contributed by atoms with van der Waals surface area (Å²) in [5.41, 5.74) is 5.37. The zero-order chi connectivity index (χ0) is 24.3. The third-order valence-corrected chi connectivity index (χ3v) is 4.34. The summed E-state index contributed by atoms with van der Waals surface area (Å²) >= 11 is 0. The van der Waals surface area contributed by atoms with Crippen LogP contribution in [0.5, 0.6) is 0 Å². The number of carboxylic acid groups (broad SMARTS) is 3. The molecular formula is C17H28N4O10. The monoisotopic (exact) mass is 448 g/mol. The van der Waals surface area contributed by atoms with E-state index in [1.165, 1.54) is 0 Å². The predicted molar refractivity (Wildman–Crippen MR) is 102 cm³/mol. The van der Waals surface area contributed by atoms with Crippen molar-refractivity contribution in [2.24, 2.45) is 11.7 Å². The fraction of sp³-hybridized carbons (Fsp3) is 0.647. The number of carboxylic acids is 3. The van der Waals surface area contributed by atoms with Gasteiger partial charge in [-0.05, 0) is 5.92 Å². The number of nitrogens with two attached hydrogens (primary N) is 1. The lowest BCUT2D eigenvalue weighted by Gasteiger charge is -2.25. The van der Waals surface area contributed by atoms with E-state index < -0.39 is 85.2 Å². The summed E-state index contributed by atoms with van der Waals surface area (Å²) in [6.07, 6.45) is -1.29. The van der Waals surface area contributed by atoms with Crippen molar-refractivity contribution < 1.29 is 49.2 Å². The van der Waals surface area contributed by atoms with Crippen LogP contribution in [0.25, 0.3) is 0 Å². The maximum Gasteiger partial charge on any atom is 0.326 e. The maximum absolute atomic E-state index is 12.4. The number of aliphatic hydroxyl groups is 1. The molecule has 0 aromatic carbocycles.